The largest absolute Gasteiger partial charge is 0.476 e. The Hall–Kier alpha value is -2.09. The standard InChI is InChI=1S/C11H7ClF3N3O2/c12-7-3-1-2-6(4-7)5-18-9(11(13,14)15)8(10(19)20)16-17-18/h1-4H,5H2,(H,19,20). The molecule has 0 fully saturated rings. The number of rotatable bonds is 3. The number of aromatic carboxylic acids is 1. The average Bonchev–Trinajstić information content (AvgIpc) is 2.72. The number of carboxylic acids is 1. The second kappa shape index (κ2) is 5.12. The van der Waals surface area contributed by atoms with Gasteiger partial charge in [0.1, 0.15) is 0 Å². The van der Waals surface area contributed by atoms with Crippen molar-refractivity contribution in [3.05, 3.63) is 46.2 Å². The van der Waals surface area contributed by atoms with Crippen LogP contribution in [0.3, 0.4) is 0 Å². The van der Waals surface area contributed by atoms with Gasteiger partial charge in [-0.1, -0.05) is 28.9 Å². The van der Waals surface area contributed by atoms with Gasteiger partial charge in [-0.25, -0.2) is 9.48 Å². The lowest BCUT2D eigenvalue weighted by Gasteiger charge is -2.10. The van der Waals surface area contributed by atoms with E-state index in [9.17, 15) is 18.0 Å². The van der Waals surface area contributed by atoms with E-state index >= 15 is 0 Å². The molecule has 0 bridgehead atoms. The van der Waals surface area contributed by atoms with Crippen molar-refractivity contribution in [2.45, 2.75) is 12.7 Å². The first kappa shape index (κ1) is 14.3. The molecule has 0 aliphatic rings. The van der Waals surface area contributed by atoms with Crippen molar-refractivity contribution >= 4 is 17.6 Å². The fraction of sp³-hybridized carbons (Fsp3) is 0.182. The highest BCUT2D eigenvalue weighted by molar-refractivity contribution is 6.30. The minimum Gasteiger partial charge on any atom is -0.476 e. The van der Waals surface area contributed by atoms with Crippen LogP contribution in [0.25, 0.3) is 0 Å². The molecule has 5 nitrogen and oxygen atoms in total. The summed E-state index contributed by atoms with van der Waals surface area (Å²) in [5.74, 6) is -1.78. The van der Waals surface area contributed by atoms with Gasteiger partial charge in [0.25, 0.3) is 0 Å². The maximum atomic E-state index is 12.9. The summed E-state index contributed by atoms with van der Waals surface area (Å²) in [7, 11) is 0. The Bertz CT molecular complexity index is 655. The predicted molar refractivity (Wildman–Crippen MR) is 62.5 cm³/mol. The zero-order valence-electron chi connectivity index (χ0n) is 9.73. The minimum atomic E-state index is -4.87. The van der Waals surface area contributed by atoms with Crippen LogP contribution in [0.15, 0.2) is 24.3 Å². The van der Waals surface area contributed by atoms with Crippen molar-refractivity contribution in [2.75, 3.05) is 0 Å². The van der Waals surface area contributed by atoms with Gasteiger partial charge in [0.15, 0.2) is 5.69 Å². The highest BCUT2D eigenvalue weighted by Crippen LogP contribution is 2.31. The first-order valence-corrected chi connectivity index (χ1v) is 5.65. The summed E-state index contributed by atoms with van der Waals surface area (Å²) in [6.07, 6.45) is -4.87. The van der Waals surface area contributed by atoms with Crippen LogP contribution in [0.2, 0.25) is 5.02 Å². The smallest absolute Gasteiger partial charge is 0.435 e. The zero-order valence-corrected chi connectivity index (χ0v) is 10.5. The van der Waals surface area contributed by atoms with Gasteiger partial charge in [-0.15, -0.1) is 5.10 Å². The second-order valence-electron chi connectivity index (χ2n) is 3.88. The molecule has 0 saturated carbocycles. The van der Waals surface area contributed by atoms with Crippen LogP contribution in [0.5, 0.6) is 0 Å². The topological polar surface area (TPSA) is 68.0 Å². The van der Waals surface area contributed by atoms with E-state index in [0.717, 1.165) is 0 Å². The van der Waals surface area contributed by atoms with E-state index in [1.165, 1.54) is 6.07 Å². The van der Waals surface area contributed by atoms with Crippen LogP contribution in [-0.2, 0) is 12.7 Å². The van der Waals surface area contributed by atoms with E-state index in [1.807, 2.05) is 0 Å². The van der Waals surface area contributed by atoms with Crippen LogP contribution < -0.4 is 0 Å². The van der Waals surface area contributed by atoms with Crippen LogP contribution in [0.4, 0.5) is 13.2 Å². The lowest BCUT2D eigenvalue weighted by Crippen LogP contribution is -2.18. The summed E-state index contributed by atoms with van der Waals surface area (Å²) in [4.78, 5) is 10.8. The molecular formula is C11H7ClF3N3O2. The van der Waals surface area contributed by atoms with Crippen molar-refractivity contribution in [2.24, 2.45) is 0 Å². The number of nitrogens with zero attached hydrogens (tertiary/aromatic N) is 3. The molecule has 2 rings (SSSR count). The Labute approximate surface area is 115 Å². The molecule has 2 aromatic rings. The number of hydrogen-bond donors (Lipinski definition) is 1. The van der Waals surface area contributed by atoms with Crippen molar-refractivity contribution < 1.29 is 23.1 Å². The first-order chi connectivity index (χ1) is 9.29. The Balaban J connectivity index is 2.45. The predicted octanol–water partition coefficient (Wildman–Crippen LogP) is 2.70. The number of benzene rings is 1. The Morgan fingerprint density at radius 1 is 1.40 bits per heavy atom. The summed E-state index contributed by atoms with van der Waals surface area (Å²) >= 11 is 5.73. The maximum absolute atomic E-state index is 12.9. The molecule has 0 atom stereocenters. The number of carboxylic acid groups (broad SMARTS) is 1. The summed E-state index contributed by atoms with van der Waals surface area (Å²) < 4.78 is 39.2. The molecule has 1 N–H and O–H groups in total. The lowest BCUT2D eigenvalue weighted by molar-refractivity contribution is -0.144. The molecule has 0 aliphatic carbocycles. The van der Waals surface area contributed by atoms with Gasteiger partial charge in [-0.3, -0.25) is 0 Å². The fourth-order valence-corrected chi connectivity index (χ4v) is 1.87. The van der Waals surface area contributed by atoms with Crippen molar-refractivity contribution in [3.63, 3.8) is 0 Å². The molecule has 0 aliphatic heterocycles. The Morgan fingerprint density at radius 2 is 2.10 bits per heavy atom. The molecule has 0 unspecified atom stereocenters. The molecule has 0 amide bonds. The van der Waals surface area contributed by atoms with Crippen molar-refractivity contribution in [3.8, 4) is 0 Å². The summed E-state index contributed by atoms with van der Waals surface area (Å²) in [5.41, 5.74) is -2.07. The maximum Gasteiger partial charge on any atom is 0.435 e. The van der Waals surface area contributed by atoms with Gasteiger partial charge < -0.3 is 5.11 Å². The number of aromatic nitrogens is 3. The summed E-state index contributed by atoms with van der Waals surface area (Å²) in [6, 6.07) is 6.15. The molecule has 20 heavy (non-hydrogen) atoms. The third-order valence-corrected chi connectivity index (χ3v) is 2.66. The molecular weight excluding hydrogens is 299 g/mol. The van der Waals surface area contributed by atoms with E-state index in [0.29, 0.717) is 15.3 Å². The third-order valence-electron chi connectivity index (χ3n) is 2.43. The summed E-state index contributed by atoms with van der Waals surface area (Å²) in [6.45, 7) is -0.282. The fourth-order valence-electron chi connectivity index (χ4n) is 1.66. The van der Waals surface area contributed by atoms with Crippen LogP contribution >= 0.6 is 11.6 Å². The van der Waals surface area contributed by atoms with Gasteiger partial charge in [-0.2, -0.15) is 13.2 Å². The van der Waals surface area contributed by atoms with Gasteiger partial charge in [-0.05, 0) is 17.7 Å². The van der Waals surface area contributed by atoms with Crippen molar-refractivity contribution in [1.82, 2.24) is 15.0 Å². The number of halogens is 4. The van der Waals surface area contributed by atoms with E-state index < -0.39 is 23.5 Å². The number of alkyl halides is 3. The molecule has 0 spiro atoms. The first-order valence-electron chi connectivity index (χ1n) is 5.27. The van der Waals surface area contributed by atoms with Crippen LogP contribution in [-0.4, -0.2) is 26.1 Å². The monoisotopic (exact) mass is 305 g/mol. The molecule has 1 heterocycles. The third kappa shape index (κ3) is 2.90. The van der Waals surface area contributed by atoms with Gasteiger partial charge in [0.2, 0.25) is 5.69 Å². The molecule has 0 radical (unpaired) electrons. The van der Waals surface area contributed by atoms with E-state index in [1.54, 1.807) is 18.2 Å². The van der Waals surface area contributed by atoms with Crippen molar-refractivity contribution in [1.29, 1.82) is 0 Å². The Morgan fingerprint density at radius 3 is 2.65 bits per heavy atom. The molecule has 106 valence electrons. The minimum absolute atomic E-state index is 0.282. The molecule has 0 saturated heterocycles. The molecule has 1 aromatic heterocycles. The van der Waals surface area contributed by atoms with Crippen LogP contribution in [0.1, 0.15) is 21.7 Å². The average molecular weight is 306 g/mol. The SMILES string of the molecule is O=C(O)c1nnn(Cc2cccc(Cl)c2)c1C(F)(F)F. The highest BCUT2D eigenvalue weighted by atomic mass is 35.5. The number of hydrogen-bond acceptors (Lipinski definition) is 3. The Kier molecular flexibility index (Phi) is 3.67. The highest BCUT2D eigenvalue weighted by Gasteiger charge is 2.41. The molecule has 9 heteroatoms. The van der Waals surface area contributed by atoms with E-state index in [4.69, 9.17) is 16.7 Å². The number of carbonyl (C=O) groups is 1. The van der Waals surface area contributed by atoms with Gasteiger partial charge in [0, 0.05) is 5.02 Å². The van der Waals surface area contributed by atoms with Crippen LogP contribution in [0, 0.1) is 0 Å². The summed E-state index contributed by atoms with van der Waals surface area (Å²) in [5, 5.41) is 15.4. The zero-order chi connectivity index (χ0) is 14.9. The lowest BCUT2D eigenvalue weighted by atomic mass is 10.2. The second-order valence-corrected chi connectivity index (χ2v) is 4.31. The normalized spacial score (nSPS) is 11.6. The van der Waals surface area contributed by atoms with Gasteiger partial charge in [0.05, 0.1) is 6.54 Å². The van der Waals surface area contributed by atoms with E-state index in [-0.39, 0.29) is 6.54 Å². The quantitative estimate of drug-likeness (QED) is 0.946. The molecule has 1 aromatic carbocycles. The van der Waals surface area contributed by atoms with E-state index in [2.05, 4.69) is 10.3 Å². The van der Waals surface area contributed by atoms with Gasteiger partial charge >= 0.3 is 12.1 Å².